The summed E-state index contributed by atoms with van der Waals surface area (Å²) in [5.74, 6) is -0.397. The van der Waals surface area contributed by atoms with Crippen LogP contribution in [0, 0.1) is 6.92 Å². The van der Waals surface area contributed by atoms with E-state index in [9.17, 15) is 22.8 Å². The highest BCUT2D eigenvalue weighted by Gasteiger charge is 2.41. The molecule has 4 nitrogen and oxygen atoms in total. The lowest BCUT2D eigenvalue weighted by Gasteiger charge is -2.42. The number of ether oxygens (including phenoxy) is 1. The van der Waals surface area contributed by atoms with Gasteiger partial charge in [0, 0.05) is 11.8 Å². The van der Waals surface area contributed by atoms with E-state index in [-0.39, 0.29) is 16.5 Å². The van der Waals surface area contributed by atoms with Gasteiger partial charge in [-0.25, -0.2) is 0 Å². The van der Waals surface area contributed by atoms with E-state index in [1.54, 1.807) is 6.07 Å². The Balaban J connectivity index is 1.81. The normalized spacial score (nSPS) is 20.6. The molecule has 0 saturated carbocycles. The Hall–Kier alpha value is -2.74. The zero-order chi connectivity index (χ0) is 25.1. The molecule has 0 aromatic heterocycles. The molecule has 34 heavy (non-hydrogen) atoms. The fourth-order valence-corrected chi connectivity index (χ4v) is 5.33. The number of anilines is 1. The van der Waals surface area contributed by atoms with E-state index in [0.29, 0.717) is 23.0 Å². The summed E-state index contributed by atoms with van der Waals surface area (Å²) >= 11 is 0.579. The Morgan fingerprint density at radius 1 is 1.00 bits per heavy atom. The van der Waals surface area contributed by atoms with Gasteiger partial charge in [-0.3, -0.25) is 14.5 Å². The van der Waals surface area contributed by atoms with Crippen LogP contribution in [0.15, 0.2) is 42.1 Å². The van der Waals surface area contributed by atoms with Gasteiger partial charge in [0.15, 0.2) is 0 Å². The Bertz CT molecular complexity index is 1210. The molecule has 0 spiro atoms. The number of hydrogen-bond acceptors (Lipinski definition) is 4. The van der Waals surface area contributed by atoms with Crippen molar-refractivity contribution >= 4 is 33.9 Å². The monoisotopic (exact) mass is 489 g/mol. The molecule has 1 saturated heterocycles. The maximum Gasteiger partial charge on any atom is 0.573 e. The van der Waals surface area contributed by atoms with Gasteiger partial charge in [-0.05, 0) is 77.1 Å². The summed E-state index contributed by atoms with van der Waals surface area (Å²) in [5.41, 5.74) is 4.17. The molecule has 0 atom stereocenters. The second kappa shape index (κ2) is 8.18. The van der Waals surface area contributed by atoms with Gasteiger partial charge < -0.3 is 4.74 Å². The Kier molecular flexibility index (Phi) is 5.87. The van der Waals surface area contributed by atoms with Crippen LogP contribution in [0.4, 0.5) is 23.7 Å². The highest BCUT2D eigenvalue weighted by atomic mass is 32.2. The van der Waals surface area contributed by atoms with Crippen molar-refractivity contribution in [2.75, 3.05) is 4.90 Å². The Morgan fingerprint density at radius 2 is 1.62 bits per heavy atom. The summed E-state index contributed by atoms with van der Waals surface area (Å²) in [6, 6.07) is 9.43. The van der Waals surface area contributed by atoms with Crippen molar-refractivity contribution in [3.05, 3.63) is 64.3 Å². The standard InChI is InChI=1S/C26H26F3NO3S/c1-15-11-18-19(25(4,5)10-9-24(18,2)3)14-20(15)30-21(22(31)34-23(30)32)13-16-7-6-8-17(12-16)33-26(27,28)29/h6-8,11-14H,9-10H2,1-5H3. The number of rotatable bonds is 3. The SMILES string of the molecule is Cc1cc2c(cc1N1C(=O)SC(=O)C1=Cc1cccc(OC(F)(F)F)c1)C(C)(C)CCC2(C)C. The van der Waals surface area contributed by atoms with Crippen molar-refractivity contribution in [1.29, 1.82) is 0 Å². The van der Waals surface area contributed by atoms with Gasteiger partial charge in [0.25, 0.3) is 5.24 Å². The van der Waals surface area contributed by atoms with Crippen LogP contribution >= 0.6 is 11.8 Å². The smallest absolute Gasteiger partial charge is 0.406 e. The molecule has 0 unspecified atom stereocenters. The lowest BCUT2D eigenvalue weighted by Crippen LogP contribution is -2.34. The van der Waals surface area contributed by atoms with Crippen molar-refractivity contribution in [3.8, 4) is 5.75 Å². The molecule has 8 heteroatoms. The topological polar surface area (TPSA) is 46.6 Å². The third-order valence-electron chi connectivity index (χ3n) is 6.62. The fourth-order valence-electron chi connectivity index (χ4n) is 4.63. The number of hydrogen-bond donors (Lipinski definition) is 0. The van der Waals surface area contributed by atoms with Crippen LogP contribution in [0.5, 0.6) is 5.75 Å². The number of thioether (sulfide) groups is 1. The molecule has 1 aliphatic heterocycles. The number of alkyl halides is 3. The van der Waals surface area contributed by atoms with E-state index >= 15 is 0 Å². The molecule has 2 aliphatic rings. The van der Waals surface area contributed by atoms with Crippen LogP contribution in [0.25, 0.3) is 6.08 Å². The van der Waals surface area contributed by atoms with Gasteiger partial charge in [-0.1, -0.05) is 45.9 Å². The number of carbonyl (C=O) groups excluding carboxylic acids is 2. The minimum Gasteiger partial charge on any atom is -0.406 e. The van der Waals surface area contributed by atoms with Gasteiger partial charge >= 0.3 is 6.36 Å². The first-order valence-electron chi connectivity index (χ1n) is 11.0. The van der Waals surface area contributed by atoms with E-state index < -0.39 is 22.5 Å². The first-order valence-corrected chi connectivity index (χ1v) is 11.8. The number of carbonyl (C=O) groups is 2. The molecule has 1 fully saturated rings. The molecule has 1 heterocycles. The zero-order valence-corrected chi connectivity index (χ0v) is 20.5. The Morgan fingerprint density at radius 3 is 2.24 bits per heavy atom. The minimum atomic E-state index is -4.83. The molecule has 0 radical (unpaired) electrons. The molecule has 2 aromatic rings. The van der Waals surface area contributed by atoms with Crippen molar-refractivity contribution < 1.29 is 27.5 Å². The fraction of sp³-hybridized carbons (Fsp3) is 0.385. The van der Waals surface area contributed by atoms with Gasteiger partial charge in [-0.2, -0.15) is 0 Å². The zero-order valence-electron chi connectivity index (χ0n) is 19.7. The predicted molar refractivity (Wildman–Crippen MR) is 128 cm³/mol. The summed E-state index contributed by atoms with van der Waals surface area (Å²) in [4.78, 5) is 27.0. The lowest BCUT2D eigenvalue weighted by atomic mass is 9.63. The van der Waals surface area contributed by atoms with Crippen LogP contribution in [0.1, 0.15) is 62.8 Å². The van der Waals surface area contributed by atoms with E-state index in [2.05, 4.69) is 38.5 Å². The van der Waals surface area contributed by atoms with Crippen molar-refractivity contribution in [1.82, 2.24) is 0 Å². The van der Waals surface area contributed by atoms with Crippen LogP contribution < -0.4 is 9.64 Å². The Labute approximate surface area is 201 Å². The van der Waals surface area contributed by atoms with Gasteiger partial charge in [0.1, 0.15) is 11.4 Å². The summed E-state index contributed by atoms with van der Waals surface area (Å²) in [7, 11) is 0. The number of aryl methyl sites for hydroxylation is 1. The second-order valence-corrected chi connectivity index (χ2v) is 11.0. The van der Waals surface area contributed by atoms with E-state index in [1.807, 2.05) is 13.0 Å². The molecule has 0 bridgehead atoms. The second-order valence-electron chi connectivity index (χ2n) is 10.1. The molecule has 1 amide bonds. The van der Waals surface area contributed by atoms with Crippen LogP contribution in [0.3, 0.4) is 0 Å². The number of nitrogens with zero attached hydrogens (tertiary/aromatic N) is 1. The molecule has 180 valence electrons. The molecular formula is C26H26F3NO3S. The molecule has 4 rings (SSSR count). The minimum absolute atomic E-state index is 0.00861. The van der Waals surface area contributed by atoms with Crippen molar-refractivity contribution in [2.45, 2.75) is 64.7 Å². The van der Waals surface area contributed by atoms with Crippen molar-refractivity contribution in [2.24, 2.45) is 0 Å². The number of halogens is 3. The molecular weight excluding hydrogens is 463 g/mol. The van der Waals surface area contributed by atoms with Gasteiger partial charge in [0.05, 0.1) is 5.69 Å². The summed E-state index contributed by atoms with van der Waals surface area (Å²) in [5, 5.41) is -0.890. The van der Waals surface area contributed by atoms with E-state index in [0.717, 1.165) is 24.0 Å². The summed E-state index contributed by atoms with van der Waals surface area (Å²) < 4.78 is 41.9. The highest BCUT2D eigenvalue weighted by Crippen LogP contribution is 2.49. The third kappa shape index (κ3) is 4.60. The highest BCUT2D eigenvalue weighted by molar-refractivity contribution is 8.27. The van der Waals surface area contributed by atoms with E-state index in [4.69, 9.17) is 0 Å². The number of amides is 1. The average Bonchev–Trinajstić information content (AvgIpc) is 2.97. The maximum atomic E-state index is 12.9. The first kappa shape index (κ1) is 24.4. The summed E-state index contributed by atoms with van der Waals surface area (Å²) in [6.45, 7) is 10.7. The number of benzene rings is 2. The molecule has 2 aromatic carbocycles. The average molecular weight is 490 g/mol. The van der Waals surface area contributed by atoms with Gasteiger partial charge in [0.2, 0.25) is 5.12 Å². The molecule has 0 N–H and O–H groups in total. The van der Waals surface area contributed by atoms with Crippen LogP contribution in [0.2, 0.25) is 0 Å². The largest absolute Gasteiger partial charge is 0.573 e. The maximum absolute atomic E-state index is 12.9. The van der Waals surface area contributed by atoms with Crippen LogP contribution in [-0.2, 0) is 15.6 Å². The van der Waals surface area contributed by atoms with Crippen LogP contribution in [-0.4, -0.2) is 16.7 Å². The van der Waals surface area contributed by atoms with Gasteiger partial charge in [-0.15, -0.1) is 13.2 Å². The van der Waals surface area contributed by atoms with E-state index in [1.165, 1.54) is 34.7 Å². The first-order chi connectivity index (χ1) is 15.7. The lowest BCUT2D eigenvalue weighted by molar-refractivity contribution is -0.274. The number of fused-ring (bicyclic) bond motifs is 1. The molecule has 1 aliphatic carbocycles. The van der Waals surface area contributed by atoms with Crippen molar-refractivity contribution in [3.63, 3.8) is 0 Å². The predicted octanol–water partition coefficient (Wildman–Crippen LogP) is 7.48. The summed E-state index contributed by atoms with van der Waals surface area (Å²) in [6.07, 6.45) is -1.36. The third-order valence-corrected chi connectivity index (χ3v) is 7.37. The quantitative estimate of drug-likeness (QED) is 0.419.